The summed E-state index contributed by atoms with van der Waals surface area (Å²) in [5, 5.41) is 3.36. The van der Waals surface area contributed by atoms with E-state index in [9.17, 15) is 13.2 Å². The molecular formula is C25H26Cl2N2O5S. The first-order valence-corrected chi connectivity index (χ1v) is 13.2. The highest BCUT2D eigenvalue weighted by Gasteiger charge is 2.22. The first kappa shape index (κ1) is 26.7. The van der Waals surface area contributed by atoms with Crippen LogP contribution < -0.4 is 19.1 Å². The van der Waals surface area contributed by atoms with Crippen molar-refractivity contribution in [3.8, 4) is 11.5 Å². The summed E-state index contributed by atoms with van der Waals surface area (Å²) >= 11 is 12.3. The quantitative estimate of drug-likeness (QED) is 0.392. The van der Waals surface area contributed by atoms with E-state index in [0.717, 1.165) is 11.8 Å². The number of rotatable bonds is 9. The molecule has 1 unspecified atom stereocenters. The molecule has 0 bridgehead atoms. The van der Waals surface area contributed by atoms with Crippen molar-refractivity contribution >= 4 is 44.8 Å². The number of carbonyl (C=O) groups is 1. The van der Waals surface area contributed by atoms with Crippen molar-refractivity contribution in [1.82, 2.24) is 5.32 Å². The van der Waals surface area contributed by atoms with Crippen LogP contribution >= 0.6 is 23.2 Å². The van der Waals surface area contributed by atoms with Gasteiger partial charge in [-0.3, -0.25) is 9.10 Å². The highest BCUT2D eigenvalue weighted by atomic mass is 35.5. The first-order valence-electron chi connectivity index (χ1n) is 10.6. The Morgan fingerprint density at radius 3 is 2.26 bits per heavy atom. The van der Waals surface area contributed by atoms with Crippen molar-refractivity contribution in [1.29, 1.82) is 0 Å². The third-order valence-corrected chi connectivity index (χ3v) is 7.33. The maximum atomic E-state index is 12.8. The molecule has 186 valence electrons. The minimum atomic E-state index is -3.65. The summed E-state index contributed by atoms with van der Waals surface area (Å²) in [6.45, 7) is 1.90. The number of anilines is 1. The fourth-order valence-corrected chi connectivity index (χ4v) is 4.82. The van der Waals surface area contributed by atoms with Crippen LogP contribution in [0.5, 0.6) is 11.5 Å². The molecule has 0 radical (unpaired) electrons. The summed E-state index contributed by atoms with van der Waals surface area (Å²) in [6.07, 6.45) is 1.10. The largest absolute Gasteiger partial charge is 0.493 e. The summed E-state index contributed by atoms with van der Waals surface area (Å²) < 4.78 is 36.7. The Bertz CT molecular complexity index is 1310. The number of hydrogen-bond acceptors (Lipinski definition) is 5. The average Bonchev–Trinajstić information content (AvgIpc) is 2.83. The zero-order valence-corrected chi connectivity index (χ0v) is 22.0. The van der Waals surface area contributed by atoms with Crippen LogP contribution in [0.2, 0.25) is 10.0 Å². The topological polar surface area (TPSA) is 84.9 Å². The molecule has 3 aromatic rings. The number of carbonyl (C=O) groups excluding carboxylic acids is 1. The van der Waals surface area contributed by atoms with Gasteiger partial charge in [-0.1, -0.05) is 47.5 Å². The van der Waals surface area contributed by atoms with Crippen LogP contribution in [0.15, 0.2) is 60.7 Å². The van der Waals surface area contributed by atoms with Gasteiger partial charge < -0.3 is 14.8 Å². The second kappa shape index (κ2) is 11.2. The minimum absolute atomic E-state index is 0.0306. The van der Waals surface area contributed by atoms with Gasteiger partial charge in [0.15, 0.2) is 11.5 Å². The molecule has 1 amide bonds. The summed E-state index contributed by atoms with van der Waals surface area (Å²) in [5.74, 6) is 0.912. The molecule has 35 heavy (non-hydrogen) atoms. The van der Waals surface area contributed by atoms with Gasteiger partial charge >= 0.3 is 0 Å². The van der Waals surface area contributed by atoms with Gasteiger partial charge in [-0.2, -0.15) is 0 Å². The third-order valence-electron chi connectivity index (χ3n) is 5.40. The van der Waals surface area contributed by atoms with Gasteiger partial charge in [0.05, 0.1) is 48.8 Å². The molecule has 0 saturated heterocycles. The Morgan fingerprint density at radius 1 is 1.00 bits per heavy atom. The van der Waals surface area contributed by atoms with Crippen molar-refractivity contribution in [2.24, 2.45) is 0 Å². The third kappa shape index (κ3) is 6.39. The number of methoxy groups -OCH3 is 2. The van der Waals surface area contributed by atoms with E-state index in [4.69, 9.17) is 32.7 Å². The van der Waals surface area contributed by atoms with Gasteiger partial charge in [-0.15, -0.1) is 0 Å². The van der Waals surface area contributed by atoms with Gasteiger partial charge in [0.1, 0.15) is 0 Å². The Morgan fingerprint density at radius 2 is 1.66 bits per heavy atom. The van der Waals surface area contributed by atoms with E-state index in [2.05, 4.69) is 5.32 Å². The molecule has 0 aliphatic heterocycles. The maximum Gasteiger partial charge on any atom is 0.251 e. The average molecular weight is 537 g/mol. The smallest absolute Gasteiger partial charge is 0.251 e. The zero-order chi connectivity index (χ0) is 25.8. The Balaban J connectivity index is 1.75. The van der Waals surface area contributed by atoms with Crippen LogP contribution in [0.3, 0.4) is 0 Å². The van der Waals surface area contributed by atoms with Crippen molar-refractivity contribution in [2.45, 2.75) is 19.5 Å². The van der Waals surface area contributed by atoms with E-state index >= 15 is 0 Å². The van der Waals surface area contributed by atoms with Crippen LogP contribution in [0.1, 0.15) is 34.5 Å². The number of hydrogen-bond donors (Lipinski definition) is 1. The standard InChI is InChI=1S/C25H26Cl2N2O5S/c1-16(19-12-13-22(33-2)23(14-19)34-3)28-25(30)18-10-8-17(9-11-18)15-29(35(4,31)32)21-7-5-6-20(26)24(21)27/h5-14,16H,15H2,1-4H3,(H,28,30). The van der Waals surface area contributed by atoms with E-state index in [-0.39, 0.29) is 34.2 Å². The lowest BCUT2D eigenvalue weighted by Crippen LogP contribution is -2.29. The summed E-state index contributed by atoms with van der Waals surface area (Å²) in [7, 11) is -0.534. The lowest BCUT2D eigenvalue weighted by atomic mass is 10.1. The molecule has 0 aliphatic carbocycles. The van der Waals surface area contributed by atoms with Crippen molar-refractivity contribution in [2.75, 3.05) is 24.8 Å². The molecule has 1 N–H and O–H groups in total. The molecule has 3 aromatic carbocycles. The Hall–Kier alpha value is -2.94. The molecule has 0 spiro atoms. The van der Waals surface area contributed by atoms with Gasteiger partial charge in [0.2, 0.25) is 10.0 Å². The Kier molecular flexibility index (Phi) is 8.53. The Labute approximate surface area is 215 Å². The number of amides is 1. The fraction of sp³-hybridized carbons (Fsp3) is 0.240. The molecule has 7 nitrogen and oxygen atoms in total. The highest BCUT2D eigenvalue weighted by Crippen LogP contribution is 2.34. The van der Waals surface area contributed by atoms with Crippen LogP contribution in [0.4, 0.5) is 5.69 Å². The second-order valence-electron chi connectivity index (χ2n) is 7.85. The SMILES string of the molecule is COc1ccc(C(C)NC(=O)c2ccc(CN(c3cccc(Cl)c3Cl)S(C)(=O)=O)cc2)cc1OC. The van der Waals surface area contributed by atoms with E-state index in [0.29, 0.717) is 22.6 Å². The van der Waals surface area contributed by atoms with Gasteiger partial charge in [0.25, 0.3) is 5.91 Å². The summed E-state index contributed by atoms with van der Waals surface area (Å²) in [6, 6.07) is 16.7. The van der Waals surface area contributed by atoms with E-state index in [1.165, 1.54) is 4.31 Å². The first-order chi connectivity index (χ1) is 16.5. The van der Waals surface area contributed by atoms with Crippen LogP contribution in [-0.2, 0) is 16.6 Å². The van der Waals surface area contributed by atoms with Crippen molar-refractivity contribution in [3.05, 3.63) is 87.4 Å². The highest BCUT2D eigenvalue weighted by molar-refractivity contribution is 7.92. The number of ether oxygens (including phenoxy) is 2. The number of halogens is 2. The molecule has 0 aromatic heterocycles. The van der Waals surface area contributed by atoms with Gasteiger partial charge in [0, 0.05) is 5.56 Å². The van der Waals surface area contributed by atoms with E-state index in [1.54, 1.807) is 62.8 Å². The van der Waals surface area contributed by atoms with E-state index < -0.39 is 10.0 Å². The molecule has 0 aliphatic rings. The molecule has 0 fully saturated rings. The summed E-state index contributed by atoms with van der Waals surface area (Å²) in [5.41, 5.74) is 2.26. The van der Waals surface area contributed by atoms with Gasteiger partial charge in [-0.05, 0) is 54.4 Å². The molecule has 10 heteroatoms. The lowest BCUT2D eigenvalue weighted by Gasteiger charge is -2.24. The number of sulfonamides is 1. The molecule has 0 heterocycles. The lowest BCUT2D eigenvalue weighted by molar-refractivity contribution is 0.0940. The second-order valence-corrected chi connectivity index (χ2v) is 10.5. The molecule has 1 atom stereocenters. The monoisotopic (exact) mass is 536 g/mol. The van der Waals surface area contributed by atoms with Crippen molar-refractivity contribution < 1.29 is 22.7 Å². The van der Waals surface area contributed by atoms with Crippen LogP contribution in [0, 0.1) is 0 Å². The normalized spacial score (nSPS) is 12.1. The number of nitrogens with one attached hydrogen (secondary N) is 1. The van der Waals surface area contributed by atoms with Crippen LogP contribution in [-0.4, -0.2) is 34.8 Å². The number of nitrogens with zero attached hydrogens (tertiary/aromatic N) is 1. The van der Waals surface area contributed by atoms with E-state index in [1.807, 2.05) is 19.1 Å². The molecule has 0 saturated carbocycles. The van der Waals surface area contributed by atoms with Crippen molar-refractivity contribution in [3.63, 3.8) is 0 Å². The molecular weight excluding hydrogens is 511 g/mol. The molecule has 3 rings (SSSR count). The fourth-order valence-electron chi connectivity index (χ4n) is 3.48. The predicted molar refractivity (Wildman–Crippen MR) is 139 cm³/mol. The maximum absolute atomic E-state index is 12.8. The minimum Gasteiger partial charge on any atom is -0.493 e. The zero-order valence-electron chi connectivity index (χ0n) is 19.7. The number of benzene rings is 3. The van der Waals surface area contributed by atoms with Gasteiger partial charge in [-0.25, -0.2) is 8.42 Å². The summed E-state index contributed by atoms with van der Waals surface area (Å²) in [4.78, 5) is 12.8. The predicted octanol–water partition coefficient (Wildman–Crippen LogP) is 5.47. The van der Waals surface area contributed by atoms with Crippen LogP contribution in [0.25, 0.3) is 0 Å².